The number of fused-ring (bicyclic) bond motifs is 1. The lowest BCUT2D eigenvalue weighted by Crippen LogP contribution is -2.49. The van der Waals surface area contributed by atoms with Crippen LogP contribution in [0.25, 0.3) is 0 Å². The molecule has 5 rings (SSSR count). The highest BCUT2D eigenvalue weighted by molar-refractivity contribution is 5.61. The molecule has 3 heterocycles. The predicted molar refractivity (Wildman–Crippen MR) is 143 cm³/mol. The van der Waals surface area contributed by atoms with Crippen LogP contribution in [-0.2, 0) is 16.1 Å². The Kier molecular flexibility index (Phi) is 8.60. The molecule has 9 nitrogen and oxygen atoms in total. The Balaban J connectivity index is 1.25. The third-order valence-electron chi connectivity index (χ3n) is 6.99. The topological polar surface area (TPSA) is 99.4 Å². The zero-order chi connectivity index (χ0) is 26.3. The second kappa shape index (κ2) is 12.4. The van der Waals surface area contributed by atoms with Crippen LogP contribution in [0.4, 0.5) is 5.69 Å². The Hall–Kier alpha value is -3.37. The molecule has 2 aliphatic rings. The molecule has 1 fully saturated rings. The average Bonchev–Trinajstić information content (AvgIpc) is 2.93. The number of methoxy groups -OCH3 is 1. The van der Waals surface area contributed by atoms with Crippen molar-refractivity contribution in [2.24, 2.45) is 0 Å². The zero-order valence-corrected chi connectivity index (χ0v) is 21.6. The van der Waals surface area contributed by atoms with E-state index < -0.39 is 6.10 Å². The molecule has 2 aliphatic heterocycles. The minimum Gasteiger partial charge on any atom is -0.619 e. The summed E-state index contributed by atoms with van der Waals surface area (Å²) in [5, 5.41) is 25.7. The van der Waals surface area contributed by atoms with Gasteiger partial charge in [-0.15, -0.1) is 0 Å². The summed E-state index contributed by atoms with van der Waals surface area (Å²) in [6, 6.07) is 17.2. The van der Waals surface area contributed by atoms with Crippen LogP contribution in [0.3, 0.4) is 0 Å². The fourth-order valence-corrected chi connectivity index (χ4v) is 5.11. The molecule has 1 aromatic heterocycles. The zero-order valence-electron chi connectivity index (χ0n) is 21.6. The third-order valence-corrected chi connectivity index (χ3v) is 6.99. The molecule has 0 radical (unpaired) electrons. The van der Waals surface area contributed by atoms with Gasteiger partial charge in [0.15, 0.2) is 11.9 Å². The fourth-order valence-electron chi connectivity index (χ4n) is 5.11. The summed E-state index contributed by atoms with van der Waals surface area (Å²) in [5.74, 6) is 1.79. The first-order valence-corrected chi connectivity index (χ1v) is 13.1. The van der Waals surface area contributed by atoms with Gasteiger partial charge in [0.1, 0.15) is 18.1 Å². The Labute approximate surface area is 223 Å². The maximum absolute atomic E-state index is 11.5. The van der Waals surface area contributed by atoms with Gasteiger partial charge in [-0.05, 0) is 47.9 Å². The first kappa shape index (κ1) is 26.2. The number of aliphatic hydroxyl groups excluding tert-OH is 1. The smallest absolute Gasteiger partial charge is 0.223 e. The monoisotopic (exact) mass is 521 g/mol. The summed E-state index contributed by atoms with van der Waals surface area (Å²) in [6.07, 6.45) is 2.95. The number of nitrogens with zero attached hydrogens (tertiary/aromatic N) is 2. The van der Waals surface area contributed by atoms with E-state index in [0.717, 1.165) is 48.7 Å². The van der Waals surface area contributed by atoms with Gasteiger partial charge in [-0.25, -0.2) is 0 Å². The summed E-state index contributed by atoms with van der Waals surface area (Å²) >= 11 is 0. The molecule has 0 bridgehead atoms. The van der Waals surface area contributed by atoms with Crippen LogP contribution in [0.2, 0.25) is 0 Å². The Morgan fingerprint density at radius 2 is 2.00 bits per heavy atom. The number of ether oxygens (including phenoxy) is 4. The highest BCUT2D eigenvalue weighted by Gasteiger charge is 2.34. The minimum absolute atomic E-state index is 0.183. The van der Waals surface area contributed by atoms with Gasteiger partial charge in [0.05, 0.1) is 31.0 Å². The number of anilines is 1. The lowest BCUT2D eigenvalue weighted by Gasteiger charge is -2.36. The number of aromatic nitrogens is 1. The number of nitrogens with one attached hydrogen (secondary N) is 1. The SMILES string of the molecule is COCCCN1CCOc2ccc(CO[C@H]3CNC[C@@H](O)[C@@H]3c3ccc(Oc4ccc[n+]([O-])c4)cc3)cc21. The van der Waals surface area contributed by atoms with E-state index in [1.807, 2.05) is 36.4 Å². The predicted octanol–water partition coefficient (Wildman–Crippen LogP) is 2.98. The van der Waals surface area contributed by atoms with E-state index in [-0.39, 0.29) is 12.0 Å². The van der Waals surface area contributed by atoms with Crippen molar-refractivity contribution < 1.29 is 28.8 Å². The van der Waals surface area contributed by atoms with Crippen LogP contribution in [0.5, 0.6) is 17.2 Å². The summed E-state index contributed by atoms with van der Waals surface area (Å²) in [7, 11) is 1.73. The van der Waals surface area contributed by atoms with Crippen molar-refractivity contribution in [3.8, 4) is 17.2 Å². The van der Waals surface area contributed by atoms with Gasteiger partial charge in [0, 0.05) is 45.3 Å². The minimum atomic E-state index is -0.581. The van der Waals surface area contributed by atoms with Crippen molar-refractivity contribution in [2.45, 2.75) is 31.2 Å². The molecular weight excluding hydrogens is 486 g/mol. The Morgan fingerprint density at radius 1 is 1.13 bits per heavy atom. The van der Waals surface area contributed by atoms with Gasteiger partial charge in [-0.3, -0.25) is 0 Å². The molecule has 3 atom stereocenters. The molecule has 0 unspecified atom stereocenters. The number of piperidine rings is 1. The van der Waals surface area contributed by atoms with E-state index in [9.17, 15) is 10.3 Å². The molecule has 9 heteroatoms. The van der Waals surface area contributed by atoms with Crippen LogP contribution >= 0.6 is 0 Å². The fraction of sp³-hybridized carbons (Fsp3) is 0.414. The normalized spacial score (nSPS) is 21.0. The van der Waals surface area contributed by atoms with Crippen LogP contribution in [0.1, 0.15) is 23.5 Å². The summed E-state index contributed by atoms with van der Waals surface area (Å²) in [5.41, 5.74) is 3.13. The lowest BCUT2D eigenvalue weighted by molar-refractivity contribution is -0.605. The third kappa shape index (κ3) is 6.36. The number of aliphatic hydroxyl groups is 1. The van der Waals surface area contributed by atoms with E-state index in [4.69, 9.17) is 18.9 Å². The van der Waals surface area contributed by atoms with E-state index in [1.54, 1.807) is 19.2 Å². The largest absolute Gasteiger partial charge is 0.619 e. The number of pyridine rings is 1. The molecule has 2 aromatic carbocycles. The standard InChI is InChI=1S/C29H35N3O6/c1-35-14-3-11-31-13-15-36-27-10-5-21(16-25(27)31)20-37-28-18-30-17-26(33)29(28)22-6-8-23(9-7-22)38-24-4-2-12-32(34)19-24/h2,4-10,12,16,19,26,28-30,33H,3,11,13-15,17-18,20H2,1H3/t26-,28+,29+/m1/s1. The van der Waals surface area contributed by atoms with E-state index >= 15 is 0 Å². The maximum Gasteiger partial charge on any atom is 0.223 e. The number of hydrogen-bond donors (Lipinski definition) is 2. The molecule has 202 valence electrons. The van der Waals surface area contributed by atoms with Gasteiger partial charge in [0.2, 0.25) is 6.20 Å². The molecule has 3 aromatic rings. The van der Waals surface area contributed by atoms with Crippen molar-refractivity contribution in [3.63, 3.8) is 0 Å². The maximum atomic E-state index is 11.5. The number of rotatable bonds is 10. The molecule has 1 saturated heterocycles. The molecule has 0 aliphatic carbocycles. The van der Waals surface area contributed by atoms with Crippen molar-refractivity contribution in [1.29, 1.82) is 0 Å². The molecule has 0 spiro atoms. The summed E-state index contributed by atoms with van der Waals surface area (Å²) in [6.45, 7) is 4.75. The van der Waals surface area contributed by atoms with Crippen LogP contribution in [0, 0.1) is 5.21 Å². The van der Waals surface area contributed by atoms with Gasteiger partial charge >= 0.3 is 0 Å². The van der Waals surface area contributed by atoms with Crippen molar-refractivity contribution in [3.05, 3.63) is 83.3 Å². The molecule has 38 heavy (non-hydrogen) atoms. The summed E-state index contributed by atoms with van der Waals surface area (Å²) < 4.78 is 24.0. The van der Waals surface area contributed by atoms with E-state index in [2.05, 4.69) is 16.3 Å². The van der Waals surface area contributed by atoms with Gasteiger partial charge < -0.3 is 39.5 Å². The molecule has 0 amide bonds. The van der Waals surface area contributed by atoms with Crippen molar-refractivity contribution in [1.82, 2.24) is 5.32 Å². The Morgan fingerprint density at radius 3 is 2.82 bits per heavy atom. The highest BCUT2D eigenvalue weighted by atomic mass is 16.5. The van der Waals surface area contributed by atoms with Gasteiger partial charge in [-0.2, -0.15) is 4.73 Å². The second-order valence-electron chi connectivity index (χ2n) is 9.66. The van der Waals surface area contributed by atoms with E-state index in [1.165, 1.54) is 12.4 Å². The first-order valence-electron chi connectivity index (χ1n) is 13.1. The lowest BCUT2D eigenvalue weighted by atomic mass is 9.85. The number of β-amino-alcohol motifs (C(OH)–C–C–N with tert-alkyl or cyclic N) is 1. The van der Waals surface area contributed by atoms with Gasteiger partial charge in [-0.1, -0.05) is 18.2 Å². The van der Waals surface area contributed by atoms with Crippen molar-refractivity contribution in [2.75, 3.05) is 51.4 Å². The molecule has 2 N–H and O–H groups in total. The highest BCUT2D eigenvalue weighted by Crippen LogP contribution is 2.34. The van der Waals surface area contributed by atoms with Crippen LogP contribution in [-0.4, -0.2) is 63.8 Å². The molecule has 0 saturated carbocycles. The van der Waals surface area contributed by atoms with Crippen molar-refractivity contribution >= 4 is 5.69 Å². The average molecular weight is 522 g/mol. The number of benzene rings is 2. The van der Waals surface area contributed by atoms with Crippen LogP contribution in [0.15, 0.2) is 67.0 Å². The van der Waals surface area contributed by atoms with Crippen LogP contribution < -0.4 is 24.4 Å². The molecular formula is C29H35N3O6. The second-order valence-corrected chi connectivity index (χ2v) is 9.66. The van der Waals surface area contributed by atoms with E-state index in [0.29, 0.717) is 42.5 Å². The number of hydrogen-bond acceptors (Lipinski definition) is 8. The first-order chi connectivity index (χ1) is 18.6. The quantitative estimate of drug-likeness (QED) is 0.239. The van der Waals surface area contributed by atoms with Gasteiger partial charge in [0.25, 0.3) is 0 Å². The summed E-state index contributed by atoms with van der Waals surface area (Å²) in [4.78, 5) is 2.34. The Bertz CT molecular complexity index is 1190.